The lowest BCUT2D eigenvalue weighted by Crippen LogP contribution is -2.37. The SMILES string of the molecule is CCC(O)CCNC(=O)C(C)Oc1ccc(OC)cc1. The first kappa shape index (κ1) is 16.3. The highest BCUT2D eigenvalue weighted by Crippen LogP contribution is 2.18. The van der Waals surface area contributed by atoms with Gasteiger partial charge in [-0.15, -0.1) is 0 Å². The minimum absolute atomic E-state index is 0.191. The average Bonchev–Trinajstić information content (AvgIpc) is 2.47. The van der Waals surface area contributed by atoms with Crippen LogP contribution in [0.4, 0.5) is 0 Å². The van der Waals surface area contributed by atoms with E-state index in [4.69, 9.17) is 9.47 Å². The second-order valence-corrected chi connectivity index (χ2v) is 4.58. The molecule has 1 amide bonds. The summed E-state index contributed by atoms with van der Waals surface area (Å²) in [6, 6.07) is 7.06. The number of aliphatic hydroxyl groups excluding tert-OH is 1. The lowest BCUT2D eigenvalue weighted by Gasteiger charge is -2.15. The Morgan fingerprint density at radius 1 is 1.30 bits per heavy atom. The molecule has 0 aliphatic carbocycles. The molecule has 20 heavy (non-hydrogen) atoms. The van der Waals surface area contributed by atoms with Gasteiger partial charge in [0.15, 0.2) is 6.10 Å². The Balaban J connectivity index is 2.36. The van der Waals surface area contributed by atoms with Gasteiger partial charge in [0.1, 0.15) is 11.5 Å². The van der Waals surface area contributed by atoms with Gasteiger partial charge in [0.25, 0.3) is 5.91 Å². The fourth-order valence-electron chi connectivity index (χ4n) is 1.62. The monoisotopic (exact) mass is 281 g/mol. The first-order valence-electron chi connectivity index (χ1n) is 6.83. The van der Waals surface area contributed by atoms with Crippen LogP contribution in [0.2, 0.25) is 0 Å². The molecule has 1 aromatic carbocycles. The minimum Gasteiger partial charge on any atom is -0.497 e. The Morgan fingerprint density at radius 3 is 2.45 bits per heavy atom. The molecule has 1 aromatic rings. The van der Waals surface area contributed by atoms with Crippen molar-refractivity contribution in [1.82, 2.24) is 5.32 Å². The van der Waals surface area contributed by atoms with Crippen molar-refractivity contribution >= 4 is 5.91 Å². The maximum Gasteiger partial charge on any atom is 0.260 e. The van der Waals surface area contributed by atoms with Crippen molar-refractivity contribution in [2.45, 2.75) is 38.9 Å². The highest BCUT2D eigenvalue weighted by atomic mass is 16.5. The molecule has 0 aromatic heterocycles. The van der Waals surface area contributed by atoms with Crippen molar-refractivity contribution in [3.05, 3.63) is 24.3 Å². The van der Waals surface area contributed by atoms with Gasteiger partial charge in [-0.1, -0.05) is 6.92 Å². The zero-order chi connectivity index (χ0) is 15.0. The zero-order valence-corrected chi connectivity index (χ0v) is 12.3. The van der Waals surface area contributed by atoms with E-state index in [9.17, 15) is 9.90 Å². The number of aliphatic hydroxyl groups is 1. The number of rotatable bonds is 8. The van der Waals surface area contributed by atoms with Gasteiger partial charge in [-0.25, -0.2) is 0 Å². The summed E-state index contributed by atoms with van der Waals surface area (Å²) < 4.78 is 10.6. The molecule has 0 spiro atoms. The number of carbonyl (C=O) groups excluding carboxylic acids is 1. The number of methoxy groups -OCH3 is 1. The second kappa shape index (κ2) is 8.43. The fourth-order valence-corrected chi connectivity index (χ4v) is 1.62. The molecule has 2 unspecified atom stereocenters. The van der Waals surface area contributed by atoms with Crippen molar-refractivity contribution in [2.24, 2.45) is 0 Å². The standard InChI is InChI=1S/C15H23NO4/c1-4-12(17)9-10-16-15(18)11(2)20-14-7-5-13(19-3)6-8-14/h5-8,11-12,17H,4,9-10H2,1-3H3,(H,16,18). The molecule has 0 saturated carbocycles. The van der Waals surface area contributed by atoms with Gasteiger partial charge in [0.2, 0.25) is 0 Å². The summed E-state index contributed by atoms with van der Waals surface area (Å²) in [5.74, 6) is 1.16. The molecule has 0 fully saturated rings. The average molecular weight is 281 g/mol. The predicted octanol–water partition coefficient (Wildman–Crippen LogP) is 1.74. The molecule has 5 nitrogen and oxygen atoms in total. The summed E-state index contributed by atoms with van der Waals surface area (Å²) in [5.41, 5.74) is 0. The Kier molecular flexibility index (Phi) is 6.87. The third kappa shape index (κ3) is 5.48. The van der Waals surface area contributed by atoms with Crippen molar-refractivity contribution in [1.29, 1.82) is 0 Å². The van der Waals surface area contributed by atoms with Crippen LogP contribution in [0.3, 0.4) is 0 Å². The molecule has 1 rings (SSSR count). The van der Waals surface area contributed by atoms with Crippen molar-refractivity contribution in [3.8, 4) is 11.5 Å². The molecule has 5 heteroatoms. The van der Waals surface area contributed by atoms with E-state index in [0.29, 0.717) is 25.1 Å². The van der Waals surface area contributed by atoms with Gasteiger partial charge < -0.3 is 19.9 Å². The molecule has 0 aliphatic heterocycles. The maximum atomic E-state index is 11.8. The third-order valence-corrected chi connectivity index (χ3v) is 2.99. The van der Waals surface area contributed by atoms with Crippen LogP contribution >= 0.6 is 0 Å². The highest BCUT2D eigenvalue weighted by Gasteiger charge is 2.14. The first-order chi connectivity index (χ1) is 9.56. The largest absolute Gasteiger partial charge is 0.497 e. The number of amides is 1. The molecular formula is C15H23NO4. The molecule has 0 heterocycles. The lowest BCUT2D eigenvalue weighted by atomic mass is 10.2. The van der Waals surface area contributed by atoms with E-state index < -0.39 is 6.10 Å². The van der Waals surface area contributed by atoms with E-state index in [2.05, 4.69) is 5.32 Å². The highest BCUT2D eigenvalue weighted by molar-refractivity contribution is 5.80. The van der Waals surface area contributed by atoms with Crippen LogP contribution < -0.4 is 14.8 Å². The summed E-state index contributed by atoms with van der Waals surface area (Å²) in [6.45, 7) is 4.04. The molecule has 0 aliphatic rings. The van der Waals surface area contributed by atoms with Crippen LogP contribution in [0.15, 0.2) is 24.3 Å². The number of hydrogen-bond donors (Lipinski definition) is 2. The quantitative estimate of drug-likeness (QED) is 0.761. The van der Waals surface area contributed by atoms with Crippen LogP contribution in [0.25, 0.3) is 0 Å². The smallest absolute Gasteiger partial charge is 0.260 e. The Labute approximate surface area is 119 Å². The van der Waals surface area contributed by atoms with Crippen molar-refractivity contribution < 1.29 is 19.4 Å². The van der Waals surface area contributed by atoms with E-state index >= 15 is 0 Å². The summed E-state index contributed by atoms with van der Waals surface area (Å²) in [6.07, 6.45) is 0.293. The van der Waals surface area contributed by atoms with E-state index in [0.717, 1.165) is 5.75 Å². The summed E-state index contributed by atoms with van der Waals surface area (Å²) in [7, 11) is 1.59. The summed E-state index contributed by atoms with van der Waals surface area (Å²) in [5, 5.41) is 12.1. The lowest BCUT2D eigenvalue weighted by molar-refractivity contribution is -0.127. The summed E-state index contributed by atoms with van der Waals surface area (Å²) in [4.78, 5) is 11.8. The molecular weight excluding hydrogens is 258 g/mol. The second-order valence-electron chi connectivity index (χ2n) is 4.58. The minimum atomic E-state index is -0.581. The first-order valence-corrected chi connectivity index (χ1v) is 6.83. The molecule has 2 atom stereocenters. The van der Waals surface area contributed by atoms with Crippen LogP contribution in [-0.4, -0.2) is 36.9 Å². The van der Waals surface area contributed by atoms with E-state index in [-0.39, 0.29) is 12.0 Å². The van der Waals surface area contributed by atoms with Crippen LogP contribution in [0.5, 0.6) is 11.5 Å². The maximum absolute atomic E-state index is 11.8. The Hall–Kier alpha value is -1.75. The molecule has 0 radical (unpaired) electrons. The van der Waals surface area contributed by atoms with E-state index in [1.165, 1.54) is 0 Å². The predicted molar refractivity (Wildman–Crippen MR) is 77.0 cm³/mol. The van der Waals surface area contributed by atoms with Crippen LogP contribution in [0, 0.1) is 0 Å². The number of ether oxygens (including phenoxy) is 2. The number of carbonyl (C=O) groups is 1. The van der Waals surface area contributed by atoms with Gasteiger partial charge in [0, 0.05) is 6.54 Å². The molecule has 0 bridgehead atoms. The number of benzene rings is 1. The third-order valence-electron chi connectivity index (χ3n) is 2.99. The van der Waals surface area contributed by atoms with E-state index in [1.807, 2.05) is 6.92 Å². The number of nitrogens with one attached hydrogen (secondary N) is 1. The van der Waals surface area contributed by atoms with E-state index in [1.54, 1.807) is 38.3 Å². The molecule has 112 valence electrons. The van der Waals surface area contributed by atoms with Crippen LogP contribution in [-0.2, 0) is 4.79 Å². The normalized spacial score (nSPS) is 13.4. The van der Waals surface area contributed by atoms with Gasteiger partial charge in [-0.3, -0.25) is 4.79 Å². The Bertz CT molecular complexity index is 405. The molecule has 2 N–H and O–H groups in total. The topological polar surface area (TPSA) is 67.8 Å². The van der Waals surface area contributed by atoms with Crippen LogP contribution in [0.1, 0.15) is 26.7 Å². The fraction of sp³-hybridized carbons (Fsp3) is 0.533. The summed E-state index contributed by atoms with van der Waals surface area (Å²) >= 11 is 0. The van der Waals surface area contributed by atoms with Gasteiger partial charge in [-0.05, 0) is 44.0 Å². The Morgan fingerprint density at radius 2 is 1.90 bits per heavy atom. The van der Waals surface area contributed by atoms with Gasteiger partial charge >= 0.3 is 0 Å². The van der Waals surface area contributed by atoms with Crippen molar-refractivity contribution in [3.63, 3.8) is 0 Å². The molecule has 0 saturated heterocycles. The number of hydrogen-bond acceptors (Lipinski definition) is 4. The van der Waals surface area contributed by atoms with Crippen molar-refractivity contribution in [2.75, 3.05) is 13.7 Å². The van der Waals surface area contributed by atoms with Gasteiger partial charge in [0.05, 0.1) is 13.2 Å². The zero-order valence-electron chi connectivity index (χ0n) is 12.3. The van der Waals surface area contributed by atoms with Gasteiger partial charge in [-0.2, -0.15) is 0 Å².